The van der Waals surface area contributed by atoms with E-state index in [0.717, 1.165) is 10.0 Å². The summed E-state index contributed by atoms with van der Waals surface area (Å²) in [7, 11) is 7.47. The van der Waals surface area contributed by atoms with E-state index in [1.165, 1.54) is 10.8 Å². The zero-order valence-electron chi connectivity index (χ0n) is 3.48. The van der Waals surface area contributed by atoms with Crippen LogP contribution in [0.25, 0.3) is 0 Å². The zero-order valence-corrected chi connectivity index (χ0v) is 8.14. The van der Waals surface area contributed by atoms with Crippen LogP contribution < -0.4 is 0 Å². The first-order chi connectivity index (χ1) is 3.68. The first-order valence-electron chi connectivity index (χ1n) is 1.54. The molecule has 0 aromatic heterocycles. The molecular formula is C2H2Cl4S2. The third-order valence-electron chi connectivity index (χ3n) is 0.326. The van der Waals surface area contributed by atoms with Gasteiger partial charge in [-0.2, -0.15) is 0 Å². The molecule has 0 bridgehead atoms. The maximum atomic E-state index is 5.51. The quantitative estimate of drug-likeness (QED) is 0.534. The standard InChI is InChI=1S/C2H2Cl4S2/c3-1(4)2(5)7-8-6/h1-2H. The fourth-order valence-corrected chi connectivity index (χ4v) is 2.81. The Morgan fingerprint density at radius 3 is 1.75 bits per heavy atom. The van der Waals surface area contributed by atoms with Crippen molar-refractivity contribution in [3.8, 4) is 0 Å². The minimum absolute atomic E-state index is 0.333. The minimum atomic E-state index is -0.562. The van der Waals surface area contributed by atoms with Crippen molar-refractivity contribution in [2.24, 2.45) is 0 Å². The normalized spacial score (nSPS) is 14.6. The Morgan fingerprint density at radius 1 is 1.12 bits per heavy atom. The van der Waals surface area contributed by atoms with Crippen molar-refractivity contribution >= 4 is 66.3 Å². The Labute approximate surface area is 75.5 Å². The topological polar surface area (TPSA) is 0 Å². The maximum absolute atomic E-state index is 5.51. The molecule has 0 nitrogen and oxygen atoms in total. The van der Waals surface area contributed by atoms with Crippen LogP contribution in [0.15, 0.2) is 0 Å². The van der Waals surface area contributed by atoms with Gasteiger partial charge in [0.1, 0.15) is 9.55 Å². The summed E-state index contributed by atoms with van der Waals surface area (Å²) in [4.78, 5) is -0.562. The molecule has 50 valence electrons. The number of rotatable bonds is 3. The van der Waals surface area contributed by atoms with Gasteiger partial charge in [0, 0.05) is 10.0 Å². The number of halogens is 4. The SMILES string of the molecule is ClSSC(Cl)C(Cl)Cl. The Bertz CT molecular complexity index is 58.0. The Balaban J connectivity index is 3.17. The molecule has 6 heteroatoms. The van der Waals surface area contributed by atoms with Crippen LogP contribution in [0.1, 0.15) is 0 Å². The van der Waals surface area contributed by atoms with Gasteiger partial charge in [0.15, 0.2) is 0 Å². The number of hydrogen-bond acceptors (Lipinski definition) is 2. The van der Waals surface area contributed by atoms with Crippen molar-refractivity contribution < 1.29 is 0 Å². The van der Waals surface area contributed by atoms with Crippen molar-refractivity contribution in [1.82, 2.24) is 0 Å². The van der Waals surface area contributed by atoms with Gasteiger partial charge in [-0.3, -0.25) is 0 Å². The summed E-state index contributed by atoms with van der Waals surface area (Å²) in [6, 6.07) is 0. The molecule has 0 radical (unpaired) electrons. The second-order valence-corrected chi connectivity index (χ2v) is 5.65. The fraction of sp³-hybridized carbons (Fsp3) is 1.00. The summed E-state index contributed by atoms with van der Waals surface area (Å²) < 4.78 is -0.333. The van der Waals surface area contributed by atoms with Crippen LogP contribution in [-0.4, -0.2) is 9.55 Å². The van der Waals surface area contributed by atoms with E-state index in [2.05, 4.69) is 0 Å². The molecule has 8 heavy (non-hydrogen) atoms. The van der Waals surface area contributed by atoms with Crippen LogP contribution in [0.4, 0.5) is 0 Å². The molecule has 0 heterocycles. The smallest absolute Gasteiger partial charge is 0.107 e. The van der Waals surface area contributed by atoms with Gasteiger partial charge in [0.25, 0.3) is 0 Å². The molecule has 0 aliphatic carbocycles. The van der Waals surface area contributed by atoms with Crippen LogP contribution in [0.2, 0.25) is 0 Å². The molecule has 1 atom stereocenters. The molecule has 0 saturated carbocycles. The van der Waals surface area contributed by atoms with Crippen LogP contribution in [0.5, 0.6) is 0 Å². The largest absolute Gasteiger partial charge is 0.134 e. The fourth-order valence-electron chi connectivity index (χ4n) is 0.0767. The first kappa shape index (κ1) is 9.86. The van der Waals surface area contributed by atoms with E-state index in [1.807, 2.05) is 0 Å². The molecule has 0 N–H and O–H groups in total. The average molecular weight is 232 g/mol. The third kappa shape index (κ3) is 4.71. The van der Waals surface area contributed by atoms with Crippen LogP contribution >= 0.6 is 66.3 Å². The summed E-state index contributed by atoms with van der Waals surface area (Å²) in [6.07, 6.45) is 0. The van der Waals surface area contributed by atoms with Crippen molar-refractivity contribution in [3.05, 3.63) is 0 Å². The molecule has 0 spiro atoms. The lowest BCUT2D eigenvalue weighted by Gasteiger charge is -2.03. The molecular weight excluding hydrogens is 230 g/mol. The average Bonchev–Trinajstić information content (AvgIpc) is 1.67. The summed E-state index contributed by atoms with van der Waals surface area (Å²) in [5.74, 6) is 0. The highest BCUT2D eigenvalue weighted by molar-refractivity contribution is 8.85. The summed E-state index contributed by atoms with van der Waals surface area (Å²) >= 11 is 16.2. The molecule has 0 aliphatic rings. The summed E-state index contributed by atoms with van der Waals surface area (Å²) in [5.41, 5.74) is 0. The highest BCUT2D eigenvalue weighted by Gasteiger charge is 2.13. The monoisotopic (exact) mass is 230 g/mol. The van der Waals surface area contributed by atoms with E-state index >= 15 is 0 Å². The summed E-state index contributed by atoms with van der Waals surface area (Å²) in [5, 5.41) is 0. The predicted octanol–water partition coefficient (Wildman–Crippen LogP) is 3.89. The van der Waals surface area contributed by atoms with Gasteiger partial charge in [-0.05, 0) is 10.7 Å². The lowest BCUT2D eigenvalue weighted by molar-refractivity contribution is 1.32. The maximum Gasteiger partial charge on any atom is 0.134 e. The van der Waals surface area contributed by atoms with E-state index in [4.69, 9.17) is 45.5 Å². The predicted molar refractivity (Wildman–Crippen MR) is 46.2 cm³/mol. The van der Waals surface area contributed by atoms with Crippen LogP contribution in [-0.2, 0) is 0 Å². The number of hydrogen-bond donors (Lipinski definition) is 0. The highest BCUT2D eigenvalue weighted by atomic mass is 35.7. The van der Waals surface area contributed by atoms with Gasteiger partial charge >= 0.3 is 0 Å². The Morgan fingerprint density at radius 2 is 1.62 bits per heavy atom. The molecule has 0 amide bonds. The zero-order chi connectivity index (χ0) is 6.57. The Kier molecular flexibility index (Phi) is 6.94. The number of alkyl halides is 3. The molecule has 0 saturated heterocycles. The second-order valence-electron chi connectivity index (χ2n) is 0.845. The van der Waals surface area contributed by atoms with E-state index in [0.29, 0.717) is 0 Å². The van der Waals surface area contributed by atoms with Crippen molar-refractivity contribution in [1.29, 1.82) is 0 Å². The van der Waals surface area contributed by atoms with E-state index in [-0.39, 0.29) is 4.71 Å². The highest BCUT2D eigenvalue weighted by Crippen LogP contribution is 2.36. The van der Waals surface area contributed by atoms with E-state index < -0.39 is 4.84 Å². The lowest BCUT2D eigenvalue weighted by Crippen LogP contribution is -1.99. The molecule has 0 aromatic rings. The molecule has 0 aliphatic heterocycles. The van der Waals surface area contributed by atoms with Crippen molar-refractivity contribution in [2.75, 3.05) is 0 Å². The Hall–Kier alpha value is 1.86. The minimum Gasteiger partial charge on any atom is -0.107 e. The molecule has 0 fully saturated rings. The van der Waals surface area contributed by atoms with Gasteiger partial charge in [0.2, 0.25) is 0 Å². The van der Waals surface area contributed by atoms with Gasteiger partial charge in [0.05, 0.1) is 0 Å². The van der Waals surface area contributed by atoms with Gasteiger partial charge in [-0.1, -0.05) is 10.8 Å². The van der Waals surface area contributed by atoms with Gasteiger partial charge in [-0.25, -0.2) is 0 Å². The molecule has 0 aromatic carbocycles. The van der Waals surface area contributed by atoms with Crippen LogP contribution in [0.3, 0.4) is 0 Å². The second kappa shape index (κ2) is 5.63. The van der Waals surface area contributed by atoms with E-state index in [9.17, 15) is 0 Å². The van der Waals surface area contributed by atoms with Crippen LogP contribution in [0, 0.1) is 0 Å². The third-order valence-corrected chi connectivity index (χ3v) is 4.25. The lowest BCUT2D eigenvalue weighted by atomic mass is 10.9. The van der Waals surface area contributed by atoms with Gasteiger partial charge in [-0.15, -0.1) is 34.8 Å². The van der Waals surface area contributed by atoms with Crippen molar-refractivity contribution in [3.63, 3.8) is 0 Å². The van der Waals surface area contributed by atoms with Gasteiger partial charge < -0.3 is 0 Å². The molecule has 1 unspecified atom stereocenters. The summed E-state index contributed by atoms with van der Waals surface area (Å²) in [6.45, 7) is 0. The van der Waals surface area contributed by atoms with E-state index in [1.54, 1.807) is 0 Å². The first-order valence-corrected chi connectivity index (χ1v) is 5.89. The molecule has 0 rings (SSSR count). The van der Waals surface area contributed by atoms with Crippen molar-refractivity contribution in [2.45, 2.75) is 9.55 Å².